The van der Waals surface area contributed by atoms with Crippen molar-refractivity contribution < 1.29 is 14.4 Å². The van der Waals surface area contributed by atoms with Crippen molar-refractivity contribution >= 4 is 45.8 Å². The van der Waals surface area contributed by atoms with Crippen LogP contribution in [-0.4, -0.2) is 40.1 Å². The molecule has 3 heterocycles. The molecule has 6 nitrogen and oxygen atoms in total. The van der Waals surface area contributed by atoms with Crippen molar-refractivity contribution in [1.82, 2.24) is 9.88 Å². The molecule has 2 unspecified atom stereocenters. The Morgan fingerprint density at radius 3 is 2.58 bits per heavy atom. The lowest BCUT2D eigenvalue weighted by Gasteiger charge is -2.36. The largest absolute Gasteiger partial charge is 0.357 e. The molecule has 2 amide bonds. The number of aromatic amines is 1. The molecule has 0 saturated carbocycles. The summed E-state index contributed by atoms with van der Waals surface area (Å²) >= 11 is 6.19. The van der Waals surface area contributed by atoms with Crippen molar-refractivity contribution in [2.45, 2.75) is 38.8 Å². The number of hydrogen-bond acceptors (Lipinski definition) is 4. The summed E-state index contributed by atoms with van der Waals surface area (Å²) in [6, 6.07) is 11.9. The fourth-order valence-electron chi connectivity index (χ4n) is 4.88. The number of fused-ring (bicyclic) bond motifs is 3. The summed E-state index contributed by atoms with van der Waals surface area (Å²) < 4.78 is 0. The van der Waals surface area contributed by atoms with Crippen molar-refractivity contribution in [3.63, 3.8) is 0 Å². The van der Waals surface area contributed by atoms with E-state index in [0.29, 0.717) is 22.8 Å². The van der Waals surface area contributed by atoms with E-state index in [4.69, 9.17) is 11.6 Å². The summed E-state index contributed by atoms with van der Waals surface area (Å²) in [6.07, 6.45) is 0.935. The van der Waals surface area contributed by atoms with Gasteiger partial charge in [0.25, 0.3) is 5.91 Å². The normalized spacial score (nSPS) is 21.7. The predicted octanol–water partition coefficient (Wildman–Crippen LogP) is 4.28. The van der Waals surface area contributed by atoms with E-state index in [2.05, 4.69) is 16.8 Å². The van der Waals surface area contributed by atoms with E-state index >= 15 is 0 Å². The highest BCUT2D eigenvalue weighted by Crippen LogP contribution is 2.38. The summed E-state index contributed by atoms with van der Waals surface area (Å²) in [5.41, 5.74) is 4.40. The van der Waals surface area contributed by atoms with E-state index in [-0.39, 0.29) is 30.1 Å². The van der Waals surface area contributed by atoms with Gasteiger partial charge in [0.2, 0.25) is 5.91 Å². The average Bonchev–Trinajstić information content (AvgIpc) is 3.25. The minimum Gasteiger partial charge on any atom is -0.357 e. The molecular weight excluding hydrogens is 414 g/mol. The van der Waals surface area contributed by atoms with Gasteiger partial charge in [0, 0.05) is 39.8 Å². The maximum Gasteiger partial charge on any atom is 0.251 e. The van der Waals surface area contributed by atoms with Crippen LogP contribution in [0.1, 0.15) is 47.9 Å². The van der Waals surface area contributed by atoms with Crippen LogP contribution in [0, 0.1) is 0 Å². The van der Waals surface area contributed by atoms with Crippen LogP contribution in [0.4, 0.5) is 5.69 Å². The standard InChI is InChI=1S/C24H22ClN3O3/c1-13-23-18(19-11-16(25)5-8-20(19)26-23)9-10-27(13)21-12-22(30)28(24(21)31)17-6-3-15(4-7-17)14(2)29/h3-8,11,13,21,26H,9-10,12H2,1-2H3. The summed E-state index contributed by atoms with van der Waals surface area (Å²) in [7, 11) is 0. The summed E-state index contributed by atoms with van der Waals surface area (Å²) in [6.45, 7) is 4.24. The first kappa shape index (κ1) is 20.0. The lowest BCUT2D eigenvalue weighted by molar-refractivity contribution is -0.123. The smallest absolute Gasteiger partial charge is 0.251 e. The SMILES string of the molecule is CC(=O)c1ccc(N2C(=O)CC(N3CCc4c([nH]c5ccc(Cl)cc45)C3C)C2=O)cc1. The molecule has 1 aromatic heterocycles. The molecule has 5 rings (SSSR count). The van der Waals surface area contributed by atoms with Gasteiger partial charge in [-0.05, 0) is 68.3 Å². The van der Waals surface area contributed by atoms with Crippen molar-refractivity contribution in [3.05, 3.63) is 64.3 Å². The molecule has 1 saturated heterocycles. The van der Waals surface area contributed by atoms with Crippen LogP contribution in [0.2, 0.25) is 5.02 Å². The molecule has 2 aliphatic heterocycles. The Morgan fingerprint density at radius 2 is 1.87 bits per heavy atom. The Hall–Kier alpha value is -2.96. The van der Waals surface area contributed by atoms with Crippen LogP contribution in [0.25, 0.3) is 10.9 Å². The number of H-pyrrole nitrogens is 1. The Labute approximate surface area is 184 Å². The van der Waals surface area contributed by atoms with Crippen LogP contribution in [0.3, 0.4) is 0 Å². The third kappa shape index (κ3) is 3.18. The second kappa shape index (κ2) is 7.32. The number of ketones is 1. The number of carbonyl (C=O) groups is 3. The number of rotatable bonds is 3. The number of anilines is 1. The number of benzene rings is 2. The lowest BCUT2D eigenvalue weighted by Crippen LogP contribution is -2.46. The zero-order valence-electron chi connectivity index (χ0n) is 17.3. The number of amides is 2. The number of hydrogen-bond donors (Lipinski definition) is 1. The van der Waals surface area contributed by atoms with Crippen molar-refractivity contribution in [2.75, 3.05) is 11.4 Å². The molecule has 1 N–H and O–H groups in total. The quantitative estimate of drug-likeness (QED) is 0.492. The fourth-order valence-corrected chi connectivity index (χ4v) is 5.06. The molecule has 2 aromatic carbocycles. The molecule has 31 heavy (non-hydrogen) atoms. The van der Waals surface area contributed by atoms with Crippen molar-refractivity contribution in [2.24, 2.45) is 0 Å². The maximum atomic E-state index is 13.3. The molecule has 158 valence electrons. The minimum atomic E-state index is -0.502. The minimum absolute atomic E-state index is 0.0308. The van der Waals surface area contributed by atoms with Gasteiger partial charge in [-0.25, -0.2) is 4.90 Å². The first-order valence-electron chi connectivity index (χ1n) is 10.4. The number of aromatic nitrogens is 1. The van der Waals surface area contributed by atoms with Crippen molar-refractivity contribution in [1.29, 1.82) is 0 Å². The Balaban J connectivity index is 1.43. The van der Waals surface area contributed by atoms with E-state index < -0.39 is 6.04 Å². The lowest BCUT2D eigenvalue weighted by atomic mass is 9.96. The summed E-state index contributed by atoms with van der Waals surface area (Å²) in [5, 5.41) is 1.82. The molecule has 1 fully saturated rings. The van der Waals surface area contributed by atoms with Gasteiger partial charge in [-0.2, -0.15) is 0 Å². The molecular formula is C24H22ClN3O3. The third-order valence-electron chi connectivity index (χ3n) is 6.49. The van der Waals surface area contributed by atoms with Gasteiger partial charge < -0.3 is 4.98 Å². The van der Waals surface area contributed by atoms with E-state index in [1.165, 1.54) is 17.4 Å². The number of nitrogens with one attached hydrogen (secondary N) is 1. The van der Waals surface area contributed by atoms with Gasteiger partial charge in [0.1, 0.15) is 0 Å². The molecule has 7 heteroatoms. The first-order valence-corrected chi connectivity index (χ1v) is 10.8. The second-order valence-corrected chi connectivity index (χ2v) is 8.70. The molecule has 0 aliphatic carbocycles. The van der Waals surface area contributed by atoms with Crippen LogP contribution >= 0.6 is 11.6 Å². The van der Waals surface area contributed by atoms with Crippen LogP contribution in [-0.2, 0) is 16.0 Å². The molecule has 0 radical (unpaired) electrons. The van der Waals surface area contributed by atoms with E-state index in [1.54, 1.807) is 24.3 Å². The van der Waals surface area contributed by atoms with Gasteiger partial charge in [0.15, 0.2) is 5.78 Å². The van der Waals surface area contributed by atoms with Gasteiger partial charge in [-0.1, -0.05) is 11.6 Å². The molecule has 0 spiro atoms. The number of nitrogens with zero attached hydrogens (tertiary/aromatic N) is 2. The van der Waals surface area contributed by atoms with E-state index in [1.807, 2.05) is 18.2 Å². The zero-order valence-corrected chi connectivity index (χ0v) is 18.1. The highest BCUT2D eigenvalue weighted by molar-refractivity contribution is 6.31. The summed E-state index contributed by atoms with van der Waals surface area (Å²) in [5.74, 6) is -0.483. The Kier molecular flexibility index (Phi) is 4.72. The molecule has 2 aliphatic rings. The number of halogens is 1. The van der Waals surface area contributed by atoms with Crippen LogP contribution in [0.5, 0.6) is 0 Å². The molecule has 3 aromatic rings. The van der Waals surface area contributed by atoms with Gasteiger partial charge in [-0.15, -0.1) is 0 Å². The Bertz CT molecular complexity index is 1230. The highest BCUT2D eigenvalue weighted by atomic mass is 35.5. The van der Waals surface area contributed by atoms with Crippen LogP contribution in [0.15, 0.2) is 42.5 Å². The maximum absolute atomic E-state index is 13.3. The third-order valence-corrected chi connectivity index (χ3v) is 6.73. The number of carbonyl (C=O) groups excluding carboxylic acids is 3. The van der Waals surface area contributed by atoms with E-state index in [0.717, 1.165) is 23.0 Å². The molecule has 0 bridgehead atoms. The van der Waals surface area contributed by atoms with Gasteiger partial charge >= 0.3 is 0 Å². The fraction of sp³-hybridized carbons (Fsp3) is 0.292. The topological polar surface area (TPSA) is 73.5 Å². The number of Topliss-reactive ketones (excluding diaryl/α,β-unsaturated/α-hetero) is 1. The van der Waals surface area contributed by atoms with Gasteiger partial charge in [0.05, 0.1) is 18.2 Å². The summed E-state index contributed by atoms with van der Waals surface area (Å²) in [4.78, 5) is 44.4. The highest BCUT2D eigenvalue weighted by Gasteiger charge is 2.45. The second-order valence-electron chi connectivity index (χ2n) is 8.26. The number of imide groups is 1. The van der Waals surface area contributed by atoms with Crippen molar-refractivity contribution in [3.8, 4) is 0 Å². The molecule has 2 atom stereocenters. The van der Waals surface area contributed by atoms with Crippen LogP contribution < -0.4 is 4.90 Å². The Morgan fingerprint density at radius 1 is 1.13 bits per heavy atom. The van der Waals surface area contributed by atoms with Gasteiger partial charge in [-0.3, -0.25) is 19.3 Å². The van der Waals surface area contributed by atoms with E-state index in [9.17, 15) is 14.4 Å². The average molecular weight is 436 g/mol. The zero-order chi connectivity index (χ0) is 21.9. The monoisotopic (exact) mass is 435 g/mol. The first-order chi connectivity index (χ1) is 14.8. The predicted molar refractivity (Wildman–Crippen MR) is 119 cm³/mol.